The van der Waals surface area contributed by atoms with E-state index < -0.39 is 0 Å². The maximum Gasteiger partial charge on any atom is 0.127 e. The van der Waals surface area contributed by atoms with E-state index in [4.69, 9.17) is 4.74 Å². The Morgan fingerprint density at radius 3 is 2.00 bits per heavy atom. The fraction of sp³-hybridized carbons (Fsp3) is 0.294. The maximum atomic E-state index is 5.75. The Hall–Kier alpha value is -1.96. The molecule has 0 aromatic heterocycles. The molecule has 0 unspecified atom stereocenters. The smallest absolute Gasteiger partial charge is 0.127 e. The number of para-hydroxylation sites is 1. The van der Waals surface area contributed by atoms with E-state index in [-0.39, 0.29) is 5.41 Å². The third kappa shape index (κ3) is 4.66. The van der Waals surface area contributed by atoms with Crippen LogP contribution in [0.3, 0.4) is 0 Å². The largest absolute Gasteiger partial charge is 0.457 e. The maximum absolute atomic E-state index is 5.75. The van der Waals surface area contributed by atoms with Crippen molar-refractivity contribution in [3.63, 3.8) is 0 Å². The van der Waals surface area contributed by atoms with E-state index in [9.17, 15) is 0 Å². The minimum atomic E-state index is 0.277. The topological polar surface area (TPSA) is 21.3 Å². The van der Waals surface area contributed by atoms with E-state index in [0.29, 0.717) is 0 Å². The number of anilines is 1. The van der Waals surface area contributed by atoms with Gasteiger partial charge in [0.1, 0.15) is 11.5 Å². The normalized spacial score (nSPS) is 11.1. The first-order valence-corrected chi connectivity index (χ1v) is 6.60. The van der Waals surface area contributed by atoms with E-state index in [1.807, 2.05) is 54.6 Å². The van der Waals surface area contributed by atoms with Crippen LogP contribution in [0.4, 0.5) is 5.69 Å². The van der Waals surface area contributed by atoms with E-state index in [0.717, 1.165) is 23.7 Å². The average molecular weight is 255 g/mol. The standard InChI is InChI=1S/C17H21NO/c1-17(2,3)13-18-14-9-11-16(12-10-14)19-15-7-5-4-6-8-15/h4-12,18H,13H2,1-3H3. The summed E-state index contributed by atoms with van der Waals surface area (Å²) in [6.07, 6.45) is 0. The molecule has 0 atom stereocenters. The van der Waals surface area contributed by atoms with Gasteiger partial charge in [-0.05, 0) is 41.8 Å². The fourth-order valence-electron chi connectivity index (χ4n) is 1.63. The molecule has 19 heavy (non-hydrogen) atoms. The van der Waals surface area contributed by atoms with Crippen LogP contribution in [0.2, 0.25) is 0 Å². The molecule has 0 fully saturated rings. The van der Waals surface area contributed by atoms with Gasteiger partial charge in [-0.3, -0.25) is 0 Å². The van der Waals surface area contributed by atoms with Gasteiger partial charge in [0.05, 0.1) is 0 Å². The molecule has 0 bridgehead atoms. The van der Waals surface area contributed by atoms with Crippen LogP contribution in [0.25, 0.3) is 0 Å². The Balaban J connectivity index is 1.95. The first-order valence-electron chi connectivity index (χ1n) is 6.60. The summed E-state index contributed by atoms with van der Waals surface area (Å²) in [5.74, 6) is 1.71. The second-order valence-corrected chi connectivity index (χ2v) is 5.85. The molecule has 0 saturated carbocycles. The first kappa shape index (κ1) is 13.5. The lowest BCUT2D eigenvalue weighted by Crippen LogP contribution is -2.18. The predicted octanol–water partition coefficient (Wildman–Crippen LogP) is 4.94. The van der Waals surface area contributed by atoms with Crippen molar-refractivity contribution in [3.8, 4) is 11.5 Å². The lowest BCUT2D eigenvalue weighted by atomic mass is 9.97. The van der Waals surface area contributed by atoms with Gasteiger partial charge in [0.15, 0.2) is 0 Å². The molecule has 2 nitrogen and oxygen atoms in total. The highest BCUT2D eigenvalue weighted by Crippen LogP contribution is 2.23. The third-order valence-electron chi connectivity index (χ3n) is 2.66. The lowest BCUT2D eigenvalue weighted by Gasteiger charge is -2.19. The molecule has 2 heteroatoms. The highest BCUT2D eigenvalue weighted by molar-refractivity contribution is 5.47. The van der Waals surface area contributed by atoms with E-state index in [2.05, 4.69) is 26.1 Å². The van der Waals surface area contributed by atoms with Gasteiger partial charge in [0.2, 0.25) is 0 Å². The number of hydrogen-bond donors (Lipinski definition) is 1. The van der Waals surface area contributed by atoms with Gasteiger partial charge in [0, 0.05) is 12.2 Å². The van der Waals surface area contributed by atoms with Gasteiger partial charge in [0.25, 0.3) is 0 Å². The van der Waals surface area contributed by atoms with Crippen molar-refractivity contribution < 1.29 is 4.74 Å². The van der Waals surface area contributed by atoms with Gasteiger partial charge in [-0.1, -0.05) is 39.0 Å². The zero-order valence-corrected chi connectivity index (χ0v) is 11.8. The van der Waals surface area contributed by atoms with Crippen LogP contribution in [-0.2, 0) is 0 Å². The molecule has 2 aromatic carbocycles. The molecule has 0 radical (unpaired) electrons. The molecule has 0 aliphatic carbocycles. The summed E-state index contributed by atoms with van der Waals surface area (Å²) in [5.41, 5.74) is 1.40. The Labute approximate surface area is 115 Å². The van der Waals surface area contributed by atoms with Gasteiger partial charge < -0.3 is 10.1 Å². The molecule has 0 aliphatic rings. The predicted molar refractivity (Wildman–Crippen MR) is 80.9 cm³/mol. The Morgan fingerprint density at radius 2 is 1.42 bits per heavy atom. The minimum absolute atomic E-state index is 0.277. The van der Waals surface area contributed by atoms with Crippen molar-refractivity contribution in [2.24, 2.45) is 5.41 Å². The van der Waals surface area contributed by atoms with Gasteiger partial charge in [-0.25, -0.2) is 0 Å². The summed E-state index contributed by atoms with van der Waals surface area (Å²) in [6, 6.07) is 17.9. The number of rotatable bonds is 4. The molecule has 0 spiro atoms. The van der Waals surface area contributed by atoms with Crippen LogP contribution < -0.4 is 10.1 Å². The summed E-state index contributed by atoms with van der Waals surface area (Å²) in [6.45, 7) is 7.60. The highest BCUT2D eigenvalue weighted by atomic mass is 16.5. The first-order chi connectivity index (χ1) is 9.03. The van der Waals surface area contributed by atoms with Crippen LogP contribution in [0.5, 0.6) is 11.5 Å². The van der Waals surface area contributed by atoms with Crippen molar-refractivity contribution >= 4 is 5.69 Å². The molecule has 0 aliphatic heterocycles. The van der Waals surface area contributed by atoms with E-state index in [1.165, 1.54) is 0 Å². The zero-order valence-electron chi connectivity index (χ0n) is 11.8. The SMILES string of the molecule is CC(C)(C)CNc1ccc(Oc2ccccc2)cc1. The van der Waals surface area contributed by atoms with Gasteiger partial charge >= 0.3 is 0 Å². The molecular weight excluding hydrogens is 234 g/mol. The summed E-state index contributed by atoms with van der Waals surface area (Å²) >= 11 is 0. The highest BCUT2D eigenvalue weighted by Gasteiger charge is 2.09. The fourth-order valence-corrected chi connectivity index (χ4v) is 1.63. The molecule has 0 amide bonds. The second-order valence-electron chi connectivity index (χ2n) is 5.85. The number of nitrogens with one attached hydrogen (secondary N) is 1. The zero-order chi connectivity index (χ0) is 13.7. The quantitative estimate of drug-likeness (QED) is 0.835. The number of ether oxygens (including phenoxy) is 1. The lowest BCUT2D eigenvalue weighted by molar-refractivity contribution is 0.443. The van der Waals surface area contributed by atoms with Crippen molar-refractivity contribution in [2.75, 3.05) is 11.9 Å². The van der Waals surface area contributed by atoms with Crippen LogP contribution >= 0.6 is 0 Å². The van der Waals surface area contributed by atoms with Crippen LogP contribution in [0, 0.1) is 5.41 Å². The van der Waals surface area contributed by atoms with Crippen molar-refractivity contribution in [2.45, 2.75) is 20.8 Å². The van der Waals surface area contributed by atoms with E-state index >= 15 is 0 Å². The molecule has 1 N–H and O–H groups in total. The summed E-state index contributed by atoms with van der Waals surface area (Å²) < 4.78 is 5.75. The molecule has 0 saturated heterocycles. The molecular formula is C17H21NO. The van der Waals surface area contributed by atoms with Gasteiger partial charge in [-0.15, -0.1) is 0 Å². The molecule has 2 aromatic rings. The molecule has 2 rings (SSSR count). The van der Waals surface area contributed by atoms with Crippen LogP contribution in [0.15, 0.2) is 54.6 Å². The monoisotopic (exact) mass is 255 g/mol. The Morgan fingerprint density at radius 1 is 0.842 bits per heavy atom. The van der Waals surface area contributed by atoms with Crippen molar-refractivity contribution in [1.29, 1.82) is 0 Å². The molecule has 0 heterocycles. The van der Waals surface area contributed by atoms with Crippen molar-refractivity contribution in [1.82, 2.24) is 0 Å². The summed E-state index contributed by atoms with van der Waals surface area (Å²) in [5, 5.41) is 3.42. The number of hydrogen-bond acceptors (Lipinski definition) is 2. The number of benzene rings is 2. The average Bonchev–Trinajstić information content (AvgIpc) is 2.38. The van der Waals surface area contributed by atoms with Crippen LogP contribution in [0.1, 0.15) is 20.8 Å². The van der Waals surface area contributed by atoms with Gasteiger partial charge in [-0.2, -0.15) is 0 Å². The third-order valence-corrected chi connectivity index (χ3v) is 2.66. The molecule has 100 valence electrons. The van der Waals surface area contributed by atoms with Crippen LogP contribution in [-0.4, -0.2) is 6.54 Å². The Kier molecular flexibility index (Phi) is 4.10. The minimum Gasteiger partial charge on any atom is -0.457 e. The summed E-state index contributed by atoms with van der Waals surface area (Å²) in [4.78, 5) is 0. The van der Waals surface area contributed by atoms with E-state index in [1.54, 1.807) is 0 Å². The Bertz CT molecular complexity index is 497. The summed E-state index contributed by atoms with van der Waals surface area (Å²) in [7, 11) is 0. The second kappa shape index (κ2) is 5.79. The van der Waals surface area contributed by atoms with Crippen molar-refractivity contribution in [3.05, 3.63) is 54.6 Å².